The second-order valence-corrected chi connectivity index (χ2v) is 2.47. The van der Waals surface area contributed by atoms with E-state index in [1.54, 1.807) is 19.2 Å². The summed E-state index contributed by atoms with van der Waals surface area (Å²) in [6.07, 6.45) is 0. The first kappa shape index (κ1) is 9.54. The summed E-state index contributed by atoms with van der Waals surface area (Å²) in [5.74, 6) is -0.278. The molecule has 0 heterocycles. The van der Waals surface area contributed by atoms with Crippen molar-refractivity contribution in [1.29, 1.82) is 0 Å². The van der Waals surface area contributed by atoms with Gasteiger partial charge in [-0.15, -0.1) is 0 Å². The quantitative estimate of drug-likeness (QED) is 0.679. The van der Waals surface area contributed by atoms with Crippen LogP contribution in [0.2, 0.25) is 0 Å². The van der Waals surface area contributed by atoms with Crippen molar-refractivity contribution < 1.29 is 14.6 Å². The number of benzene rings is 1. The van der Waals surface area contributed by atoms with E-state index in [2.05, 4.69) is 5.32 Å². The van der Waals surface area contributed by atoms with Crippen molar-refractivity contribution in [3.8, 4) is 5.75 Å². The van der Waals surface area contributed by atoms with E-state index in [-0.39, 0.29) is 5.56 Å². The monoisotopic (exact) mass is 181 g/mol. The largest absolute Gasteiger partial charge is 0.478 e. The van der Waals surface area contributed by atoms with Crippen molar-refractivity contribution in [1.82, 2.24) is 5.32 Å². The standard InChI is InChI=1S/C9H11NO3/c1-10-6-13-8-4-2-7(3-5-8)9(11)12/h2-5,10H,6H2,1H3,(H,11,12). The third-order valence-corrected chi connectivity index (χ3v) is 1.48. The minimum atomic E-state index is -0.930. The van der Waals surface area contributed by atoms with E-state index in [4.69, 9.17) is 9.84 Å². The first-order valence-electron chi connectivity index (χ1n) is 3.85. The van der Waals surface area contributed by atoms with Gasteiger partial charge in [0.2, 0.25) is 0 Å². The molecule has 0 spiro atoms. The summed E-state index contributed by atoms with van der Waals surface area (Å²) >= 11 is 0. The summed E-state index contributed by atoms with van der Waals surface area (Å²) in [5, 5.41) is 11.4. The molecule has 0 bridgehead atoms. The lowest BCUT2D eigenvalue weighted by atomic mass is 10.2. The van der Waals surface area contributed by atoms with Gasteiger partial charge >= 0.3 is 5.97 Å². The SMILES string of the molecule is CNCOc1ccc(C(=O)O)cc1. The molecule has 0 radical (unpaired) electrons. The molecule has 0 aliphatic heterocycles. The maximum Gasteiger partial charge on any atom is 0.335 e. The highest BCUT2D eigenvalue weighted by Gasteiger charge is 2.01. The number of carbonyl (C=O) groups is 1. The molecule has 1 rings (SSSR count). The Kier molecular flexibility index (Phi) is 3.28. The Morgan fingerprint density at radius 2 is 2.08 bits per heavy atom. The smallest absolute Gasteiger partial charge is 0.335 e. The Labute approximate surface area is 76.1 Å². The van der Waals surface area contributed by atoms with Crippen molar-refractivity contribution in [2.45, 2.75) is 0 Å². The second-order valence-electron chi connectivity index (χ2n) is 2.47. The van der Waals surface area contributed by atoms with Crippen LogP contribution in [0.4, 0.5) is 0 Å². The highest BCUT2D eigenvalue weighted by Crippen LogP contribution is 2.11. The van der Waals surface area contributed by atoms with Gasteiger partial charge in [-0.2, -0.15) is 0 Å². The second kappa shape index (κ2) is 4.47. The van der Waals surface area contributed by atoms with Gasteiger partial charge in [-0.3, -0.25) is 5.32 Å². The molecule has 13 heavy (non-hydrogen) atoms. The van der Waals surface area contributed by atoms with Gasteiger partial charge in [0.15, 0.2) is 0 Å². The minimum absolute atomic E-state index is 0.261. The van der Waals surface area contributed by atoms with Gasteiger partial charge in [0.25, 0.3) is 0 Å². The fraction of sp³-hybridized carbons (Fsp3) is 0.222. The molecule has 0 amide bonds. The van der Waals surface area contributed by atoms with Crippen LogP contribution in [0, 0.1) is 0 Å². The predicted molar refractivity (Wildman–Crippen MR) is 48.0 cm³/mol. The van der Waals surface area contributed by atoms with E-state index in [0.29, 0.717) is 12.5 Å². The Hall–Kier alpha value is -1.55. The highest BCUT2D eigenvalue weighted by atomic mass is 16.5. The van der Waals surface area contributed by atoms with E-state index < -0.39 is 5.97 Å². The Morgan fingerprint density at radius 3 is 2.54 bits per heavy atom. The Morgan fingerprint density at radius 1 is 1.46 bits per heavy atom. The Bertz CT molecular complexity index is 281. The molecule has 1 aromatic carbocycles. The zero-order chi connectivity index (χ0) is 9.68. The Balaban J connectivity index is 2.64. The molecule has 4 nitrogen and oxygen atoms in total. The normalized spacial score (nSPS) is 9.62. The zero-order valence-electron chi connectivity index (χ0n) is 7.28. The van der Waals surface area contributed by atoms with Gasteiger partial charge in [-0.25, -0.2) is 4.79 Å². The number of carboxylic acids is 1. The third kappa shape index (κ3) is 2.76. The fourth-order valence-corrected chi connectivity index (χ4v) is 0.849. The number of nitrogens with one attached hydrogen (secondary N) is 1. The molecule has 70 valence electrons. The lowest BCUT2D eigenvalue weighted by Crippen LogP contribution is -2.14. The summed E-state index contributed by atoms with van der Waals surface area (Å²) in [7, 11) is 1.77. The molecule has 0 fully saturated rings. The van der Waals surface area contributed by atoms with Crippen LogP contribution < -0.4 is 10.1 Å². The van der Waals surface area contributed by atoms with Crippen LogP contribution in [0.5, 0.6) is 5.75 Å². The van der Waals surface area contributed by atoms with Crippen molar-refractivity contribution in [2.75, 3.05) is 13.8 Å². The van der Waals surface area contributed by atoms with Crippen LogP contribution in [0.25, 0.3) is 0 Å². The molecule has 1 aromatic rings. The minimum Gasteiger partial charge on any atom is -0.478 e. The summed E-state index contributed by atoms with van der Waals surface area (Å²) in [4.78, 5) is 10.5. The van der Waals surface area contributed by atoms with Crippen LogP contribution in [-0.4, -0.2) is 24.9 Å². The van der Waals surface area contributed by atoms with Crippen molar-refractivity contribution >= 4 is 5.97 Å². The molecule has 0 unspecified atom stereocenters. The summed E-state index contributed by atoms with van der Waals surface area (Å²) in [5.41, 5.74) is 0.261. The number of rotatable bonds is 4. The molecule has 0 aliphatic carbocycles. The number of hydrogen-bond donors (Lipinski definition) is 2. The summed E-state index contributed by atoms with van der Waals surface area (Å²) in [6, 6.07) is 6.27. The van der Waals surface area contributed by atoms with Crippen LogP contribution >= 0.6 is 0 Å². The molecular weight excluding hydrogens is 170 g/mol. The van der Waals surface area contributed by atoms with Crippen LogP contribution in [0.3, 0.4) is 0 Å². The van der Waals surface area contributed by atoms with Gasteiger partial charge in [0.1, 0.15) is 12.5 Å². The van der Waals surface area contributed by atoms with E-state index in [0.717, 1.165) is 0 Å². The van der Waals surface area contributed by atoms with E-state index in [9.17, 15) is 4.79 Å². The molecule has 0 saturated carbocycles. The van der Waals surface area contributed by atoms with Crippen LogP contribution in [0.1, 0.15) is 10.4 Å². The first-order valence-corrected chi connectivity index (χ1v) is 3.85. The van der Waals surface area contributed by atoms with Gasteiger partial charge in [-0.1, -0.05) is 0 Å². The lowest BCUT2D eigenvalue weighted by molar-refractivity contribution is 0.0697. The predicted octanol–water partition coefficient (Wildman–Crippen LogP) is 0.941. The van der Waals surface area contributed by atoms with Crippen LogP contribution in [-0.2, 0) is 0 Å². The average Bonchev–Trinajstić information content (AvgIpc) is 2.15. The maximum atomic E-state index is 10.5. The van der Waals surface area contributed by atoms with Gasteiger partial charge < -0.3 is 9.84 Å². The first-order chi connectivity index (χ1) is 6.24. The lowest BCUT2D eigenvalue weighted by Gasteiger charge is -2.04. The van der Waals surface area contributed by atoms with Crippen molar-refractivity contribution in [3.63, 3.8) is 0 Å². The fourth-order valence-electron chi connectivity index (χ4n) is 0.849. The van der Waals surface area contributed by atoms with E-state index >= 15 is 0 Å². The van der Waals surface area contributed by atoms with E-state index in [1.807, 2.05) is 0 Å². The molecular formula is C9H11NO3. The van der Waals surface area contributed by atoms with Gasteiger partial charge in [0.05, 0.1) is 5.56 Å². The molecule has 4 heteroatoms. The molecule has 0 atom stereocenters. The van der Waals surface area contributed by atoms with Gasteiger partial charge in [-0.05, 0) is 31.3 Å². The number of ether oxygens (including phenoxy) is 1. The summed E-state index contributed by atoms with van der Waals surface area (Å²) in [6.45, 7) is 0.409. The number of carboxylic acid groups (broad SMARTS) is 1. The average molecular weight is 181 g/mol. The summed E-state index contributed by atoms with van der Waals surface area (Å²) < 4.78 is 5.19. The highest BCUT2D eigenvalue weighted by molar-refractivity contribution is 5.87. The number of hydrogen-bond acceptors (Lipinski definition) is 3. The molecule has 2 N–H and O–H groups in total. The van der Waals surface area contributed by atoms with Gasteiger partial charge in [0, 0.05) is 0 Å². The molecule has 0 aromatic heterocycles. The van der Waals surface area contributed by atoms with E-state index in [1.165, 1.54) is 12.1 Å². The van der Waals surface area contributed by atoms with Crippen molar-refractivity contribution in [2.24, 2.45) is 0 Å². The maximum absolute atomic E-state index is 10.5. The zero-order valence-corrected chi connectivity index (χ0v) is 7.28. The van der Waals surface area contributed by atoms with Crippen LogP contribution in [0.15, 0.2) is 24.3 Å². The third-order valence-electron chi connectivity index (χ3n) is 1.48. The van der Waals surface area contributed by atoms with Crippen molar-refractivity contribution in [3.05, 3.63) is 29.8 Å². The molecule has 0 aliphatic rings. The number of aromatic carboxylic acids is 1. The topological polar surface area (TPSA) is 58.6 Å². The molecule has 0 saturated heterocycles.